The van der Waals surface area contributed by atoms with Gasteiger partial charge in [0.05, 0.1) is 6.54 Å². The Bertz CT molecular complexity index is 407. The fraction of sp³-hybridized carbons (Fsp3) is 0.733. The number of fused-ring (bicyclic) bond motifs is 1. The lowest BCUT2D eigenvalue weighted by atomic mass is 10.1. The normalized spacial score (nSPS) is 29.7. The van der Waals surface area contributed by atoms with Gasteiger partial charge in [-0.3, -0.25) is 9.80 Å². The van der Waals surface area contributed by atoms with Crippen LogP contribution in [-0.2, 0) is 6.54 Å². The number of nitrogens with zero attached hydrogens (tertiary/aromatic N) is 2. The standard InChI is InChI=1S/C15H24N2O/c1-11-7-15(18-13(11)3)10-17-9-14-5-4-6-16(14)8-12(17)2/h7,12,14H,4-6,8-10H2,1-3H3/t12-,14?/m1/s1. The molecular formula is C15H24N2O. The Kier molecular flexibility index (Phi) is 3.20. The minimum Gasteiger partial charge on any atom is -0.465 e. The zero-order chi connectivity index (χ0) is 12.7. The van der Waals surface area contributed by atoms with Crippen molar-refractivity contribution in [2.45, 2.75) is 52.2 Å². The molecule has 3 rings (SSSR count). The molecule has 2 aliphatic heterocycles. The monoisotopic (exact) mass is 248 g/mol. The second-order valence-electron chi connectivity index (χ2n) is 6.02. The lowest BCUT2D eigenvalue weighted by Crippen LogP contribution is -2.54. The van der Waals surface area contributed by atoms with E-state index in [9.17, 15) is 0 Å². The number of aryl methyl sites for hydroxylation is 2. The summed E-state index contributed by atoms with van der Waals surface area (Å²) in [5, 5.41) is 0. The van der Waals surface area contributed by atoms with Gasteiger partial charge in [-0.15, -0.1) is 0 Å². The molecule has 1 unspecified atom stereocenters. The van der Waals surface area contributed by atoms with E-state index < -0.39 is 0 Å². The molecule has 2 fully saturated rings. The van der Waals surface area contributed by atoms with E-state index in [1.165, 1.54) is 38.0 Å². The predicted molar refractivity (Wildman–Crippen MR) is 72.6 cm³/mol. The fourth-order valence-electron chi connectivity index (χ4n) is 3.40. The SMILES string of the molecule is Cc1cc(CN2CC3CCCN3C[C@H]2C)oc1C. The van der Waals surface area contributed by atoms with Crippen molar-refractivity contribution in [2.24, 2.45) is 0 Å². The molecule has 0 saturated carbocycles. The summed E-state index contributed by atoms with van der Waals surface area (Å²) in [4.78, 5) is 5.25. The van der Waals surface area contributed by atoms with Crippen molar-refractivity contribution in [3.63, 3.8) is 0 Å². The van der Waals surface area contributed by atoms with Crippen LogP contribution in [0.2, 0.25) is 0 Å². The first-order valence-corrected chi connectivity index (χ1v) is 7.17. The summed E-state index contributed by atoms with van der Waals surface area (Å²) in [5.74, 6) is 2.19. The molecule has 3 nitrogen and oxygen atoms in total. The predicted octanol–water partition coefficient (Wildman–Crippen LogP) is 2.56. The van der Waals surface area contributed by atoms with Gasteiger partial charge in [0.25, 0.3) is 0 Å². The van der Waals surface area contributed by atoms with Gasteiger partial charge in [0, 0.05) is 25.2 Å². The topological polar surface area (TPSA) is 19.6 Å². The van der Waals surface area contributed by atoms with Gasteiger partial charge in [0.2, 0.25) is 0 Å². The van der Waals surface area contributed by atoms with E-state index in [1.807, 2.05) is 0 Å². The van der Waals surface area contributed by atoms with Gasteiger partial charge in [-0.2, -0.15) is 0 Å². The maximum absolute atomic E-state index is 5.82. The lowest BCUT2D eigenvalue weighted by molar-refractivity contribution is 0.0492. The van der Waals surface area contributed by atoms with Gasteiger partial charge in [-0.25, -0.2) is 0 Å². The van der Waals surface area contributed by atoms with E-state index in [1.54, 1.807) is 0 Å². The summed E-state index contributed by atoms with van der Waals surface area (Å²) in [6.45, 7) is 11.2. The molecule has 2 saturated heterocycles. The molecule has 1 aromatic rings. The smallest absolute Gasteiger partial charge is 0.118 e. The van der Waals surface area contributed by atoms with Gasteiger partial charge in [0.15, 0.2) is 0 Å². The molecule has 3 heterocycles. The third-order valence-electron chi connectivity index (χ3n) is 4.64. The Labute approximate surface area is 110 Å². The molecule has 1 aromatic heterocycles. The van der Waals surface area contributed by atoms with Crippen LogP contribution in [0.3, 0.4) is 0 Å². The first-order chi connectivity index (χ1) is 8.63. The van der Waals surface area contributed by atoms with Crippen LogP contribution in [0.5, 0.6) is 0 Å². The molecule has 100 valence electrons. The van der Waals surface area contributed by atoms with Crippen molar-refractivity contribution >= 4 is 0 Å². The van der Waals surface area contributed by atoms with Gasteiger partial charge in [0.1, 0.15) is 11.5 Å². The van der Waals surface area contributed by atoms with Crippen LogP contribution >= 0.6 is 0 Å². The summed E-state index contributed by atoms with van der Waals surface area (Å²) in [6, 6.07) is 3.63. The number of furan rings is 1. The Morgan fingerprint density at radius 1 is 1.33 bits per heavy atom. The highest BCUT2D eigenvalue weighted by molar-refractivity contribution is 5.18. The molecule has 0 aromatic carbocycles. The van der Waals surface area contributed by atoms with Crippen molar-refractivity contribution in [3.05, 3.63) is 23.2 Å². The van der Waals surface area contributed by atoms with E-state index >= 15 is 0 Å². The van der Waals surface area contributed by atoms with Gasteiger partial charge >= 0.3 is 0 Å². The quantitative estimate of drug-likeness (QED) is 0.802. The van der Waals surface area contributed by atoms with Crippen LogP contribution < -0.4 is 0 Å². The number of hydrogen-bond donors (Lipinski definition) is 0. The molecular weight excluding hydrogens is 224 g/mol. The lowest BCUT2D eigenvalue weighted by Gasteiger charge is -2.41. The summed E-state index contributed by atoms with van der Waals surface area (Å²) in [6.07, 6.45) is 2.75. The molecule has 0 radical (unpaired) electrons. The molecule has 2 atom stereocenters. The van der Waals surface area contributed by atoms with E-state index in [4.69, 9.17) is 4.42 Å². The van der Waals surface area contributed by atoms with Crippen molar-refractivity contribution in [2.75, 3.05) is 19.6 Å². The minimum absolute atomic E-state index is 0.644. The van der Waals surface area contributed by atoms with Crippen LogP contribution in [-0.4, -0.2) is 41.5 Å². The molecule has 0 bridgehead atoms. The van der Waals surface area contributed by atoms with Crippen molar-refractivity contribution in [1.82, 2.24) is 9.80 Å². The number of hydrogen-bond acceptors (Lipinski definition) is 3. The molecule has 0 aliphatic carbocycles. The van der Waals surface area contributed by atoms with Crippen LogP contribution in [0.15, 0.2) is 10.5 Å². The third-order valence-corrected chi connectivity index (χ3v) is 4.64. The summed E-state index contributed by atoms with van der Waals surface area (Å²) in [5.41, 5.74) is 1.28. The second-order valence-corrected chi connectivity index (χ2v) is 6.02. The molecule has 0 N–H and O–H groups in total. The van der Waals surface area contributed by atoms with Crippen molar-refractivity contribution in [1.29, 1.82) is 0 Å². The number of rotatable bonds is 2. The highest BCUT2D eigenvalue weighted by atomic mass is 16.3. The van der Waals surface area contributed by atoms with E-state index in [0.29, 0.717) is 6.04 Å². The van der Waals surface area contributed by atoms with Gasteiger partial charge in [-0.05, 0) is 51.8 Å². The fourth-order valence-corrected chi connectivity index (χ4v) is 3.40. The van der Waals surface area contributed by atoms with Gasteiger partial charge in [-0.1, -0.05) is 0 Å². The first kappa shape index (κ1) is 12.2. The summed E-state index contributed by atoms with van der Waals surface area (Å²) >= 11 is 0. The first-order valence-electron chi connectivity index (χ1n) is 7.17. The Morgan fingerprint density at radius 2 is 2.17 bits per heavy atom. The average molecular weight is 248 g/mol. The van der Waals surface area contributed by atoms with Crippen LogP contribution in [0.1, 0.15) is 36.8 Å². The zero-order valence-corrected chi connectivity index (χ0v) is 11.8. The van der Waals surface area contributed by atoms with Crippen LogP contribution in [0, 0.1) is 13.8 Å². The summed E-state index contributed by atoms with van der Waals surface area (Å²) < 4.78 is 5.82. The third kappa shape index (κ3) is 2.21. The Balaban J connectivity index is 1.68. The number of piperazine rings is 1. The van der Waals surface area contributed by atoms with Crippen molar-refractivity contribution in [3.8, 4) is 0 Å². The Morgan fingerprint density at radius 3 is 2.89 bits per heavy atom. The highest BCUT2D eigenvalue weighted by Crippen LogP contribution is 2.26. The van der Waals surface area contributed by atoms with E-state index in [0.717, 1.165) is 24.1 Å². The minimum atomic E-state index is 0.644. The van der Waals surface area contributed by atoms with E-state index in [2.05, 4.69) is 36.6 Å². The highest BCUT2D eigenvalue weighted by Gasteiger charge is 2.34. The van der Waals surface area contributed by atoms with Crippen molar-refractivity contribution < 1.29 is 4.42 Å². The van der Waals surface area contributed by atoms with Gasteiger partial charge < -0.3 is 4.42 Å². The maximum Gasteiger partial charge on any atom is 0.118 e. The molecule has 18 heavy (non-hydrogen) atoms. The largest absolute Gasteiger partial charge is 0.465 e. The maximum atomic E-state index is 5.82. The molecule has 0 amide bonds. The van der Waals surface area contributed by atoms with E-state index in [-0.39, 0.29) is 0 Å². The van der Waals surface area contributed by atoms with Crippen LogP contribution in [0.25, 0.3) is 0 Å². The average Bonchev–Trinajstić information content (AvgIpc) is 2.87. The zero-order valence-electron chi connectivity index (χ0n) is 11.8. The molecule has 0 spiro atoms. The second kappa shape index (κ2) is 4.71. The molecule has 3 heteroatoms. The van der Waals surface area contributed by atoms with Crippen LogP contribution in [0.4, 0.5) is 0 Å². The molecule has 2 aliphatic rings. The summed E-state index contributed by atoms with van der Waals surface area (Å²) in [7, 11) is 0. The Hall–Kier alpha value is -0.800.